The molecule has 0 atom stereocenters. The van der Waals surface area contributed by atoms with Crippen molar-refractivity contribution in [2.75, 3.05) is 13.1 Å². The lowest BCUT2D eigenvalue weighted by atomic mass is 10.0. The number of allylic oxidation sites excluding steroid dienone is 2. The van der Waals surface area contributed by atoms with E-state index in [4.69, 9.17) is 11.6 Å². The van der Waals surface area contributed by atoms with Gasteiger partial charge < -0.3 is 16.1 Å². The Bertz CT molecular complexity index is 301. The van der Waals surface area contributed by atoms with Crippen molar-refractivity contribution in [3.63, 3.8) is 0 Å². The van der Waals surface area contributed by atoms with E-state index in [1.165, 1.54) is 19.8 Å². The zero-order valence-electron chi connectivity index (χ0n) is 11.4. The van der Waals surface area contributed by atoms with E-state index >= 15 is 0 Å². The Kier molecular flexibility index (Phi) is 6.57. The largest absolute Gasteiger partial charge is 0.401 e. The first-order valence-electron chi connectivity index (χ1n) is 6.85. The molecule has 0 saturated carbocycles. The van der Waals surface area contributed by atoms with E-state index < -0.39 is 0 Å². The van der Waals surface area contributed by atoms with Gasteiger partial charge in [0.15, 0.2) is 0 Å². The summed E-state index contributed by atoms with van der Waals surface area (Å²) in [6.45, 7) is 2.92. The monoisotopic (exact) mass is 254 g/mol. The molecule has 0 saturated heterocycles. The Morgan fingerprint density at radius 3 is 2.61 bits per heavy atom. The Hall–Kier alpha value is -1.23. The van der Waals surface area contributed by atoms with E-state index in [-0.39, 0.29) is 5.91 Å². The lowest BCUT2D eigenvalue weighted by Gasteiger charge is -2.25. The molecule has 5 nitrogen and oxygen atoms in total. The molecule has 1 rings (SSSR count). The summed E-state index contributed by atoms with van der Waals surface area (Å²) in [5.41, 5.74) is 8.13. The summed E-state index contributed by atoms with van der Waals surface area (Å²) in [6.07, 6.45) is 7.62. The highest BCUT2D eigenvalue weighted by Gasteiger charge is 2.12. The van der Waals surface area contributed by atoms with Crippen molar-refractivity contribution in [2.24, 2.45) is 11.6 Å². The van der Waals surface area contributed by atoms with Crippen molar-refractivity contribution in [1.82, 2.24) is 10.3 Å². The molecule has 0 aromatic carbocycles. The van der Waals surface area contributed by atoms with E-state index in [1.54, 1.807) is 5.01 Å². The van der Waals surface area contributed by atoms with Gasteiger partial charge in [-0.1, -0.05) is 12.8 Å². The predicted molar refractivity (Wildman–Crippen MR) is 73.1 cm³/mol. The molecule has 0 radical (unpaired) electrons. The maximum atomic E-state index is 10.7. The number of nitrogens with zero attached hydrogens (tertiary/aromatic N) is 1. The highest BCUT2D eigenvalue weighted by Crippen LogP contribution is 2.21. The molecule has 5 N–H and O–H groups in total. The third-order valence-electron chi connectivity index (χ3n) is 3.28. The first-order chi connectivity index (χ1) is 8.61. The summed E-state index contributed by atoms with van der Waals surface area (Å²) in [4.78, 5) is 10.7. The second-order valence-corrected chi connectivity index (χ2v) is 4.92. The smallest absolute Gasteiger partial charge is 0.216 e. The van der Waals surface area contributed by atoms with E-state index in [9.17, 15) is 4.79 Å². The zero-order chi connectivity index (χ0) is 13.4. The molecule has 1 amide bonds. The summed E-state index contributed by atoms with van der Waals surface area (Å²) < 4.78 is 0. The predicted octanol–water partition coefficient (Wildman–Crippen LogP) is 1.21. The molecule has 0 fully saturated rings. The molecule has 104 valence electrons. The standard InChI is InChI=1S/C13H26N4O/c1-11(18)16-9-6-10-17(15)13-8-5-3-2-4-7-12(13)14/h2-10,14-15H2,1H3,(H,16,18). The first-order valence-corrected chi connectivity index (χ1v) is 6.85. The van der Waals surface area contributed by atoms with E-state index in [0.717, 1.165) is 50.0 Å². The van der Waals surface area contributed by atoms with Crippen LogP contribution < -0.4 is 16.9 Å². The number of rotatable bonds is 5. The number of amides is 1. The normalized spacial score (nSPS) is 17.0. The SMILES string of the molecule is CC(=O)NCCCN(N)C1=C(N)CCCCCC1. The van der Waals surface area contributed by atoms with Gasteiger partial charge in [-0.2, -0.15) is 0 Å². The van der Waals surface area contributed by atoms with Crippen LogP contribution in [0.3, 0.4) is 0 Å². The second-order valence-electron chi connectivity index (χ2n) is 4.92. The van der Waals surface area contributed by atoms with Crippen molar-refractivity contribution >= 4 is 5.91 Å². The fraction of sp³-hybridized carbons (Fsp3) is 0.769. The number of hydrogen-bond donors (Lipinski definition) is 3. The van der Waals surface area contributed by atoms with Gasteiger partial charge in [0.25, 0.3) is 0 Å². The molecule has 0 unspecified atom stereocenters. The van der Waals surface area contributed by atoms with Gasteiger partial charge in [-0.3, -0.25) is 4.79 Å². The Morgan fingerprint density at radius 1 is 1.28 bits per heavy atom. The van der Waals surface area contributed by atoms with Gasteiger partial charge in [0.1, 0.15) is 0 Å². The fourth-order valence-electron chi connectivity index (χ4n) is 2.24. The lowest BCUT2D eigenvalue weighted by molar-refractivity contribution is -0.118. The van der Waals surface area contributed by atoms with Gasteiger partial charge in [0, 0.05) is 31.4 Å². The van der Waals surface area contributed by atoms with Crippen molar-refractivity contribution in [3.05, 3.63) is 11.4 Å². The molecular formula is C13H26N4O. The minimum atomic E-state index is 0.00301. The van der Waals surface area contributed by atoms with Gasteiger partial charge in [-0.05, 0) is 32.1 Å². The van der Waals surface area contributed by atoms with Crippen molar-refractivity contribution < 1.29 is 4.79 Å². The van der Waals surface area contributed by atoms with Crippen molar-refractivity contribution in [1.29, 1.82) is 0 Å². The molecule has 18 heavy (non-hydrogen) atoms. The van der Waals surface area contributed by atoms with Gasteiger partial charge in [-0.15, -0.1) is 0 Å². The Labute approximate surface area is 110 Å². The van der Waals surface area contributed by atoms with Crippen LogP contribution in [0, 0.1) is 0 Å². The maximum Gasteiger partial charge on any atom is 0.216 e. The van der Waals surface area contributed by atoms with Crippen LogP contribution in [0.2, 0.25) is 0 Å². The summed E-state index contributed by atoms with van der Waals surface area (Å²) in [7, 11) is 0. The number of carbonyl (C=O) groups is 1. The van der Waals surface area contributed by atoms with E-state index in [2.05, 4.69) is 5.32 Å². The topological polar surface area (TPSA) is 84.4 Å². The Morgan fingerprint density at radius 2 is 1.94 bits per heavy atom. The van der Waals surface area contributed by atoms with Crippen LogP contribution in [-0.2, 0) is 4.79 Å². The van der Waals surface area contributed by atoms with Gasteiger partial charge in [0.05, 0.1) is 0 Å². The third kappa shape index (κ3) is 5.40. The van der Waals surface area contributed by atoms with Crippen LogP contribution in [0.4, 0.5) is 0 Å². The molecule has 0 aromatic rings. The highest BCUT2D eigenvalue weighted by atomic mass is 16.1. The van der Waals surface area contributed by atoms with Crippen LogP contribution in [0.25, 0.3) is 0 Å². The number of hydrogen-bond acceptors (Lipinski definition) is 4. The van der Waals surface area contributed by atoms with Gasteiger partial charge in [0.2, 0.25) is 5.91 Å². The van der Waals surface area contributed by atoms with Crippen LogP contribution >= 0.6 is 0 Å². The zero-order valence-corrected chi connectivity index (χ0v) is 11.4. The first kappa shape index (κ1) is 14.8. The fourth-order valence-corrected chi connectivity index (χ4v) is 2.24. The van der Waals surface area contributed by atoms with Crippen LogP contribution in [-0.4, -0.2) is 24.0 Å². The summed E-state index contributed by atoms with van der Waals surface area (Å²) in [5, 5.41) is 4.54. The maximum absolute atomic E-state index is 10.7. The van der Waals surface area contributed by atoms with Crippen molar-refractivity contribution in [3.8, 4) is 0 Å². The van der Waals surface area contributed by atoms with Gasteiger partial charge in [-0.25, -0.2) is 5.84 Å². The molecular weight excluding hydrogens is 228 g/mol. The minimum absolute atomic E-state index is 0.00301. The average molecular weight is 254 g/mol. The number of nitrogens with one attached hydrogen (secondary N) is 1. The summed E-state index contributed by atoms with van der Waals surface area (Å²) in [6, 6.07) is 0. The summed E-state index contributed by atoms with van der Waals surface area (Å²) in [5.74, 6) is 6.06. The number of nitrogens with two attached hydrogens (primary N) is 2. The van der Waals surface area contributed by atoms with E-state index in [1.807, 2.05) is 0 Å². The minimum Gasteiger partial charge on any atom is -0.401 e. The molecule has 5 heteroatoms. The summed E-state index contributed by atoms with van der Waals surface area (Å²) >= 11 is 0. The van der Waals surface area contributed by atoms with E-state index in [0.29, 0.717) is 6.54 Å². The molecule has 1 aliphatic rings. The number of carbonyl (C=O) groups excluding carboxylic acids is 1. The molecule has 0 aliphatic heterocycles. The molecule has 0 aromatic heterocycles. The molecule has 1 aliphatic carbocycles. The van der Waals surface area contributed by atoms with Crippen LogP contribution in [0.5, 0.6) is 0 Å². The lowest BCUT2D eigenvalue weighted by Crippen LogP contribution is -2.35. The molecule has 0 heterocycles. The quantitative estimate of drug-likeness (QED) is 0.391. The number of hydrazine groups is 1. The molecule has 0 bridgehead atoms. The third-order valence-corrected chi connectivity index (χ3v) is 3.28. The van der Waals surface area contributed by atoms with Crippen LogP contribution in [0.15, 0.2) is 11.4 Å². The molecule has 0 spiro atoms. The van der Waals surface area contributed by atoms with Crippen LogP contribution in [0.1, 0.15) is 51.9 Å². The van der Waals surface area contributed by atoms with Gasteiger partial charge >= 0.3 is 0 Å². The second kappa shape index (κ2) is 7.97. The van der Waals surface area contributed by atoms with Crippen molar-refractivity contribution in [2.45, 2.75) is 51.9 Å². The highest BCUT2D eigenvalue weighted by molar-refractivity contribution is 5.72. The Balaban J connectivity index is 2.39. The average Bonchev–Trinajstić information content (AvgIpc) is 2.29.